The van der Waals surface area contributed by atoms with E-state index in [0.29, 0.717) is 18.1 Å². The second kappa shape index (κ2) is 8.86. The molecular weight excluding hydrogens is 376 g/mol. The number of ether oxygens (including phenoxy) is 2. The molecule has 2 aromatic carbocycles. The van der Waals surface area contributed by atoms with Gasteiger partial charge in [-0.15, -0.1) is 0 Å². The van der Waals surface area contributed by atoms with Crippen molar-refractivity contribution in [3.05, 3.63) is 84.2 Å². The van der Waals surface area contributed by atoms with E-state index in [1.54, 1.807) is 31.5 Å². The lowest BCUT2D eigenvalue weighted by Gasteiger charge is -2.15. The zero-order valence-corrected chi connectivity index (χ0v) is 16.5. The molecule has 0 saturated heterocycles. The molecule has 1 N–H and O–H groups in total. The molecule has 1 atom stereocenters. The Morgan fingerprint density at radius 3 is 2.29 bits per heavy atom. The van der Waals surface area contributed by atoms with E-state index in [0.717, 1.165) is 11.1 Å². The van der Waals surface area contributed by atoms with Gasteiger partial charge in [-0.3, -0.25) is 4.98 Å². The standard InChI is InChI=1S/C21H22N2O4S/c1-16(23-28(24,25)21-11-9-19(26-2)10-12-21)18-5-7-20(8-6-18)27-15-17-4-3-13-22-14-17/h3-14,16,23H,15H2,1-2H3. The Balaban J connectivity index is 1.62. The SMILES string of the molecule is COc1ccc(S(=O)(=O)NC(C)c2ccc(OCc3cccnc3)cc2)cc1. The zero-order valence-electron chi connectivity index (χ0n) is 15.7. The smallest absolute Gasteiger partial charge is 0.241 e. The van der Waals surface area contributed by atoms with E-state index < -0.39 is 10.0 Å². The van der Waals surface area contributed by atoms with Crippen molar-refractivity contribution in [1.29, 1.82) is 0 Å². The molecule has 6 nitrogen and oxygen atoms in total. The molecular formula is C21H22N2O4S. The van der Waals surface area contributed by atoms with Gasteiger partial charge in [0.05, 0.1) is 12.0 Å². The Labute approximate surface area is 165 Å². The molecule has 3 aromatic rings. The second-order valence-electron chi connectivity index (χ2n) is 6.24. The van der Waals surface area contributed by atoms with Crippen LogP contribution < -0.4 is 14.2 Å². The molecule has 146 valence electrons. The number of sulfonamides is 1. The third-order valence-electron chi connectivity index (χ3n) is 4.21. The van der Waals surface area contributed by atoms with Crippen molar-refractivity contribution in [3.63, 3.8) is 0 Å². The highest BCUT2D eigenvalue weighted by molar-refractivity contribution is 7.89. The minimum Gasteiger partial charge on any atom is -0.497 e. The van der Waals surface area contributed by atoms with E-state index in [-0.39, 0.29) is 10.9 Å². The predicted molar refractivity (Wildman–Crippen MR) is 107 cm³/mol. The van der Waals surface area contributed by atoms with Crippen LogP contribution >= 0.6 is 0 Å². The van der Waals surface area contributed by atoms with Crippen molar-refractivity contribution in [3.8, 4) is 11.5 Å². The van der Waals surface area contributed by atoms with Gasteiger partial charge >= 0.3 is 0 Å². The first-order valence-corrected chi connectivity index (χ1v) is 10.2. The third kappa shape index (κ3) is 5.09. The Morgan fingerprint density at radius 2 is 1.68 bits per heavy atom. The molecule has 0 aliphatic heterocycles. The van der Waals surface area contributed by atoms with Crippen LogP contribution in [0.4, 0.5) is 0 Å². The molecule has 1 unspecified atom stereocenters. The quantitative estimate of drug-likeness (QED) is 0.626. The van der Waals surface area contributed by atoms with Crippen molar-refractivity contribution < 1.29 is 17.9 Å². The molecule has 7 heteroatoms. The third-order valence-corrected chi connectivity index (χ3v) is 5.77. The summed E-state index contributed by atoms with van der Waals surface area (Å²) in [6, 6.07) is 17.0. The molecule has 0 aliphatic rings. The van der Waals surface area contributed by atoms with Gasteiger partial charge in [0.2, 0.25) is 10.0 Å². The zero-order chi connectivity index (χ0) is 20.0. The van der Waals surface area contributed by atoms with Crippen molar-refractivity contribution in [1.82, 2.24) is 9.71 Å². The number of benzene rings is 2. The lowest BCUT2D eigenvalue weighted by atomic mass is 10.1. The highest BCUT2D eigenvalue weighted by Crippen LogP contribution is 2.21. The minimum absolute atomic E-state index is 0.191. The van der Waals surface area contributed by atoms with Crippen LogP contribution in [0.1, 0.15) is 24.1 Å². The predicted octanol–water partition coefficient (Wildman–Crippen LogP) is 3.71. The highest BCUT2D eigenvalue weighted by atomic mass is 32.2. The Hall–Kier alpha value is -2.90. The molecule has 28 heavy (non-hydrogen) atoms. The molecule has 0 radical (unpaired) electrons. The summed E-state index contributed by atoms with van der Waals surface area (Å²) < 4.78 is 38.6. The summed E-state index contributed by atoms with van der Waals surface area (Å²) >= 11 is 0. The average molecular weight is 398 g/mol. The fourth-order valence-corrected chi connectivity index (χ4v) is 3.86. The van der Waals surface area contributed by atoms with Gasteiger partial charge < -0.3 is 9.47 Å². The maximum absolute atomic E-state index is 12.6. The molecule has 0 saturated carbocycles. The molecule has 0 amide bonds. The summed E-state index contributed by atoms with van der Waals surface area (Å²) in [4.78, 5) is 4.24. The van der Waals surface area contributed by atoms with Crippen LogP contribution in [0.25, 0.3) is 0 Å². The number of methoxy groups -OCH3 is 1. The monoisotopic (exact) mass is 398 g/mol. The van der Waals surface area contributed by atoms with Crippen LogP contribution in [0.2, 0.25) is 0 Å². The van der Waals surface area contributed by atoms with Crippen LogP contribution in [0.5, 0.6) is 11.5 Å². The minimum atomic E-state index is -3.63. The maximum atomic E-state index is 12.6. The lowest BCUT2D eigenvalue weighted by Crippen LogP contribution is -2.26. The lowest BCUT2D eigenvalue weighted by molar-refractivity contribution is 0.305. The fourth-order valence-electron chi connectivity index (χ4n) is 2.63. The summed E-state index contributed by atoms with van der Waals surface area (Å²) in [7, 11) is -2.10. The van der Waals surface area contributed by atoms with E-state index >= 15 is 0 Å². The number of rotatable bonds is 8. The van der Waals surface area contributed by atoms with Gasteiger partial charge in [-0.25, -0.2) is 13.1 Å². The number of hydrogen-bond acceptors (Lipinski definition) is 5. The van der Waals surface area contributed by atoms with Crippen molar-refractivity contribution in [2.75, 3.05) is 7.11 Å². The van der Waals surface area contributed by atoms with Crippen molar-refractivity contribution in [2.45, 2.75) is 24.5 Å². The van der Waals surface area contributed by atoms with E-state index in [9.17, 15) is 8.42 Å². The van der Waals surface area contributed by atoms with Gasteiger partial charge in [0.15, 0.2) is 0 Å². The van der Waals surface area contributed by atoms with E-state index in [4.69, 9.17) is 9.47 Å². The summed E-state index contributed by atoms with van der Waals surface area (Å²) in [5.41, 5.74) is 1.82. The van der Waals surface area contributed by atoms with Crippen LogP contribution in [-0.4, -0.2) is 20.5 Å². The van der Waals surface area contributed by atoms with Gasteiger partial charge in [0.25, 0.3) is 0 Å². The molecule has 0 aliphatic carbocycles. The van der Waals surface area contributed by atoms with Crippen LogP contribution in [0.3, 0.4) is 0 Å². The normalized spacial score (nSPS) is 12.4. The van der Waals surface area contributed by atoms with Crippen molar-refractivity contribution in [2.24, 2.45) is 0 Å². The maximum Gasteiger partial charge on any atom is 0.241 e. The number of nitrogens with one attached hydrogen (secondary N) is 1. The van der Waals surface area contributed by atoms with E-state index in [1.807, 2.05) is 36.4 Å². The number of nitrogens with zero attached hydrogens (tertiary/aromatic N) is 1. The Bertz CT molecular complexity index is 989. The first-order chi connectivity index (χ1) is 13.5. The molecule has 0 fully saturated rings. The highest BCUT2D eigenvalue weighted by Gasteiger charge is 2.18. The van der Waals surface area contributed by atoms with Gasteiger partial charge in [-0.1, -0.05) is 18.2 Å². The number of hydrogen-bond donors (Lipinski definition) is 1. The molecule has 1 aromatic heterocycles. The summed E-state index contributed by atoms with van der Waals surface area (Å²) in [6.45, 7) is 2.22. The second-order valence-corrected chi connectivity index (χ2v) is 7.95. The molecule has 1 heterocycles. The summed E-state index contributed by atoms with van der Waals surface area (Å²) in [5, 5.41) is 0. The number of aromatic nitrogens is 1. The largest absolute Gasteiger partial charge is 0.497 e. The summed E-state index contributed by atoms with van der Waals surface area (Å²) in [5.74, 6) is 1.31. The fraction of sp³-hybridized carbons (Fsp3) is 0.190. The Kier molecular flexibility index (Phi) is 6.28. The molecule has 0 bridgehead atoms. The van der Waals surface area contributed by atoms with Gasteiger partial charge in [0.1, 0.15) is 18.1 Å². The van der Waals surface area contributed by atoms with Crippen LogP contribution in [0.15, 0.2) is 78.0 Å². The van der Waals surface area contributed by atoms with Crippen LogP contribution in [-0.2, 0) is 16.6 Å². The molecule has 3 rings (SSSR count). The average Bonchev–Trinajstić information content (AvgIpc) is 2.73. The summed E-state index contributed by atoms with van der Waals surface area (Å²) in [6.07, 6.45) is 3.47. The van der Waals surface area contributed by atoms with Gasteiger partial charge in [0, 0.05) is 24.0 Å². The topological polar surface area (TPSA) is 77.5 Å². The van der Waals surface area contributed by atoms with Crippen molar-refractivity contribution >= 4 is 10.0 Å². The molecule has 0 spiro atoms. The Morgan fingerprint density at radius 1 is 1.00 bits per heavy atom. The van der Waals surface area contributed by atoms with Gasteiger partial charge in [-0.2, -0.15) is 0 Å². The van der Waals surface area contributed by atoms with Crippen LogP contribution in [0, 0.1) is 0 Å². The van der Waals surface area contributed by atoms with Gasteiger partial charge in [-0.05, 0) is 55.0 Å². The first kappa shape index (κ1) is 19.9. The first-order valence-electron chi connectivity index (χ1n) is 8.76. The van der Waals surface area contributed by atoms with E-state index in [1.165, 1.54) is 19.2 Å². The van der Waals surface area contributed by atoms with E-state index in [2.05, 4.69) is 9.71 Å². The number of pyridine rings is 1.